The third-order valence-electron chi connectivity index (χ3n) is 2.16. The van der Waals surface area contributed by atoms with Gasteiger partial charge in [-0.1, -0.05) is 20.8 Å². The molecule has 0 radical (unpaired) electrons. The van der Waals surface area contributed by atoms with Crippen LogP contribution in [-0.2, 0) is 30.7 Å². The van der Waals surface area contributed by atoms with Crippen molar-refractivity contribution in [3.8, 4) is 0 Å². The smallest absolute Gasteiger partial charge is 0.223 e. The summed E-state index contributed by atoms with van der Waals surface area (Å²) in [6, 6.07) is 0. The van der Waals surface area contributed by atoms with Gasteiger partial charge in [-0.25, -0.2) is 0 Å². The molecule has 3 nitrogen and oxygen atoms in total. The van der Waals surface area contributed by atoms with E-state index in [-0.39, 0.29) is 32.9 Å². The van der Waals surface area contributed by atoms with E-state index in [1.165, 1.54) is 4.90 Å². The van der Waals surface area contributed by atoms with Crippen molar-refractivity contribution in [1.29, 1.82) is 0 Å². The molecule has 0 N–H and O–H groups in total. The number of carbonyl (C=O) groups excluding carboxylic acids is 2. The molecule has 0 aliphatic carbocycles. The number of hydrogen-bond acceptors (Lipinski definition) is 2. The van der Waals surface area contributed by atoms with Crippen LogP contribution in [0.4, 0.5) is 0 Å². The number of nitrogens with zero attached hydrogens (tertiary/aromatic N) is 1. The normalized spacial score (nSPS) is 12.7. The summed E-state index contributed by atoms with van der Waals surface area (Å²) in [4.78, 5) is 23.4. The van der Waals surface area contributed by atoms with Gasteiger partial charge in [0.25, 0.3) is 0 Å². The van der Waals surface area contributed by atoms with E-state index in [1.807, 2.05) is 6.29 Å². The maximum atomic E-state index is 11.4. The van der Waals surface area contributed by atoms with Crippen LogP contribution in [0.1, 0.15) is 20.8 Å². The number of rotatable bonds is 3. The number of hydrogen-bond donors (Lipinski definition) is 0. The average Bonchev–Trinajstić information content (AvgIpc) is 2.01. The van der Waals surface area contributed by atoms with Crippen molar-refractivity contribution < 1.29 is 30.7 Å². The summed E-state index contributed by atoms with van der Waals surface area (Å²) in [7, 11) is 3.36. The van der Waals surface area contributed by atoms with Gasteiger partial charge in [0.1, 0.15) is 0 Å². The largest absolute Gasteiger partial charge is 0.541 e. The zero-order valence-corrected chi connectivity index (χ0v) is 11.7. The second-order valence-electron chi connectivity index (χ2n) is 3.78. The van der Waals surface area contributed by atoms with Gasteiger partial charge in [-0.15, -0.1) is 5.41 Å². The van der Waals surface area contributed by atoms with Crippen molar-refractivity contribution >= 4 is 12.2 Å². The Hall–Kier alpha value is -0.172. The maximum Gasteiger partial charge on any atom is 0.223 e. The Labute approximate surface area is 94.1 Å². The molecular formula is C9H16NO2W-. The van der Waals surface area contributed by atoms with Crippen LogP contribution in [0.3, 0.4) is 0 Å². The minimum absolute atomic E-state index is 0. The van der Waals surface area contributed by atoms with Gasteiger partial charge in [0.05, 0.1) is 0 Å². The Balaban J connectivity index is 0. The first kappa shape index (κ1) is 15.3. The average molecular weight is 354 g/mol. The van der Waals surface area contributed by atoms with E-state index in [9.17, 15) is 9.59 Å². The van der Waals surface area contributed by atoms with Gasteiger partial charge in [-0.05, 0) is 0 Å². The molecule has 1 amide bonds. The molecule has 0 spiro atoms. The fraction of sp³-hybridized carbons (Fsp3) is 0.778. The van der Waals surface area contributed by atoms with Crippen LogP contribution in [0.5, 0.6) is 0 Å². The van der Waals surface area contributed by atoms with E-state index in [4.69, 9.17) is 0 Å². The van der Waals surface area contributed by atoms with Crippen molar-refractivity contribution in [3.05, 3.63) is 0 Å². The van der Waals surface area contributed by atoms with Crippen LogP contribution in [0, 0.1) is 11.3 Å². The Bertz CT molecular complexity index is 190. The SMILES string of the molecule is C[C@@H](C(=O)N(C)C)C(C)(C)[C-]=O.[W]. The zero-order valence-electron chi connectivity index (χ0n) is 8.75. The predicted molar refractivity (Wildman–Crippen MR) is 47.3 cm³/mol. The molecule has 13 heavy (non-hydrogen) atoms. The Morgan fingerprint density at radius 2 is 1.77 bits per heavy atom. The molecule has 0 rings (SSSR count). The molecule has 0 aromatic heterocycles. The molecule has 0 aliphatic heterocycles. The van der Waals surface area contributed by atoms with Crippen molar-refractivity contribution in [2.45, 2.75) is 20.8 Å². The first-order valence-electron chi connectivity index (χ1n) is 3.93. The first-order chi connectivity index (χ1) is 5.33. The van der Waals surface area contributed by atoms with Crippen LogP contribution >= 0.6 is 0 Å². The summed E-state index contributed by atoms with van der Waals surface area (Å²) in [5.74, 6) is -0.353. The Morgan fingerprint density at radius 3 is 2.00 bits per heavy atom. The first-order valence-corrected chi connectivity index (χ1v) is 3.93. The topological polar surface area (TPSA) is 37.4 Å². The standard InChI is InChI=1S/C9H16NO2.W/c1-7(8(12)10(4)5)9(2,3)6-11;/h7H,1-5H3;/q-1;/t7-;/m0./s1. The number of amides is 1. The van der Waals surface area contributed by atoms with E-state index >= 15 is 0 Å². The fourth-order valence-corrected chi connectivity index (χ4v) is 0.784. The van der Waals surface area contributed by atoms with Crippen LogP contribution in [-0.4, -0.2) is 31.2 Å². The maximum absolute atomic E-state index is 11.4. The van der Waals surface area contributed by atoms with Crippen LogP contribution in [0.25, 0.3) is 0 Å². The van der Waals surface area contributed by atoms with Gasteiger partial charge in [-0.2, -0.15) is 0 Å². The van der Waals surface area contributed by atoms with Gasteiger partial charge in [0, 0.05) is 41.1 Å². The number of carbonyl (C=O) groups is 1. The molecule has 0 saturated carbocycles. The molecular weight excluding hydrogens is 338 g/mol. The molecule has 0 bridgehead atoms. The summed E-state index contributed by atoms with van der Waals surface area (Å²) in [6.07, 6.45) is 1.88. The quantitative estimate of drug-likeness (QED) is 0.705. The van der Waals surface area contributed by atoms with Gasteiger partial charge in [0.2, 0.25) is 5.91 Å². The molecule has 0 saturated heterocycles. The molecule has 0 aromatic rings. The zero-order chi connectivity index (χ0) is 9.94. The molecule has 0 fully saturated rings. The van der Waals surface area contributed by atoms with Gasteiger partial charge in [-0.3, -0.25) is 11.1 Å². The van der Waals surface area contributed by atoms with E-state index in [0.29, 0.717) is 0 Å². The molecule has 0 aliphatic rings. The van der Waals surface area contributed by atoms with E-state index in [2.05, 4.69) is 0 Å². The predicted octanol–water partition coefficient (Wildman–Crippen LogP) is 0.844. The van der Waals surface area contributed by atoms with Gasteiger partial charge >= 0.3 is 0 Å². The Morgan fingerprint density at radius 1 is 1.38 bits per heavy atom. The molecule has 4 heteroatoms. The van der Waals surface area contributed by atoms with Crippen molar-refractivity contribution in [3.63, 3.8) is 0 Å². The van der Waals surface area contributed by atoms with Crippen molar-refractivity contribution in [2.75, 3.05) is 14.1 Å². The molecule has 1 atom stereocenters. The Kier molecular flexibility index (Phi) is 6.52. The van der Waals surface area contributed by atoms with Gasteiger partial charge in [0.15, 0.2) is 0 Å². The summed E-state index contributed by atoms with van der Waals surface area (Å²) in [5.41, 5.74) is -0.693. The van der Waals surface area contributed by atoms with Crippen molar-refractivity contribution in [2.24, 2.45) is 11.3 Å². The molecule has 0 heterocycles. The van der Waals surface area contributed by atoms with Crippen LogP contribution in [0.2, 0.25) is 0 Å². The fourth-order valence-electron chi connectivity index (χ4n) is 0.784. The summed E-state index contributed by atoms with van der Waals surface area (Å²) in [6.45, 7) is 5.17. The summed E-state index contributed by atoms with van der Waals surface area (Å²) < 4.78 is 0. The molecule has 0 aromatic carbocycles. The van der Waals surface area contributed by atoms with Crippen molar-refractivity contribution in [1.82, 2.24) is 4.90 Å². The van der Waals surface area contributed by atoms with Crippen LogP contribution < -0.4 is 0 Å². The van der Waals surface area contributed by atoms with Crippen LogP contribution in [0.15, 0.2) is 0 Å². The van der Waals surface area contributed by atoms with E-state index < -0.39 is 5.41 Å². The van der Waals surface area contributed by atoms with Gasteiger partial charge < -0.3 is 9.69 Å². The minimum atomic E-state index is -0.693. The third kappa shape index (κ3) is 4.03. The molecule has 76 valence electrons. The summed E-state index contributed by atoms with van der Waals surface area (Å²) >= 11 is 0. The summed E-state index contributed by atoms with van der Waals surface area (Å²) in [5, 5.41) is 0. The van der Waals surface area contributed by atoms with E-state index in [0.717, 1.165) is 0 Å². The third-order valence-corrected chi connectivity index (χ3v) is 2.16. The molecule has 0 unspecified atom stereocenters. The minimum Gasteiger partial charge on any atom is -0.541 e. The second-order valence-corrected chi connectivity index (χ2v) is 3.78. The second kappa shape index (κ2) is 5.54. The monoisotopic (exact) mass is 354 g/mol. The van der Waals surface area contributed by atoms with E-state index in [1.54, 1.807) is 34.9 Å².